The number of primary amides is 1. The van der Waals surface area contributed by atoms with Gasteiger partial charge in [-0.05, 0) is 25.3 Å². The van der Waals surface area contributed by atoms with Crippen molar-refractivity contribution in [3.05, 3.63) is 52.0 Å². The molecule has 1 aromatic heterocycles. The Labute approximate surface area is 220 Å². The van der Waals surface area contributed by atoms with Crippen LogP contribution in [0.2, 0.25) is 0 Å². The molecule has 10 nitrogen and oxygen atoms in total. The van der Waals surface area contributed by atoms with Gasteiger partial charge in [0.1, 0.15) is 17.8 Å². The van der Waals surface area contributed by atoms with Gasteiger partial charge in [0.25, 0.3) is 5.91 Å². The SMILES string of the molecule is Cc1nc(C(=O)N2CC[C@H](NC(=O)C3CC[NH2+]CC3)C[C@H]2C(=O)N[C@H](Cc2ccccc2)C(N)=O)cs1. The molecule has 0 spiro atoms. The number of rotatable bonds is 8. The Morgan fingerprint density at radius 3 is 2.51 bits per heavy atom. The molecule has 3 atom stereocenters. The number of carbonyl (C=O) groups is 4. The van der Waals surface area contributed by atoms with Crippen LogP contribution in [0.4, 0.5) is 0 Å². The van der Waals surface area contributed by atoms with Crippen LogP contribution in [-0.2, 0) is 20.8 Å². The molecule has 4 rings (SSSR count). The monoisotopic (exact) mass is 527 g/mol. The number of quaternary nitrogens is 1. The van der Waals surface area contributed by atoms with E-state index in [0.717, 1.165) is 36.5 Å². The Morgan fingerprint density at radius 2 is 1.86 bits per heavy atom. The molecule has 0 saturated carbocycles. The number of thiazole rings is 1. The Balaban J connectivity index is 1.50. The standard InChI is InChI=1S/C26H34N6O4S/c1-16-29-21(15-37-16)26(36)32-12-9-19(30-24(34)18-7-10-28-11-8-18)14-22(32)25(35)31-20(23(27)33)13-17-5-3-2-4-6-17/h2-6,15,18-20,22,28H,7-14H2,1H3,(H2,27,33)(H,30,34)(H,31,35)/p+1/t19-,20+,22-/m0/s1. The number of hydrogen-bond acceptors (Lipinski definition) is 6. The zero-order valence-corrected chi connectivity index (χ0v) is 21.8. The highest BCUT2D eigenvalue weighted by atomic mass is 32.1. The van der Waals surface area contributed by atoms with Crippen molar-refractivity contribution < 1.29 is 24.5 Å². The number of aromatic nitrogens is 1. The van der Waals surface area contributed by atoms with E-state index in [1.165, 1.54) is 16.2 Å². The molecule has 37 heavy (non-hydrogen) atoms. The third-order valence-electron chi connectivity index (χ3n) is 7.10. The molecule has 3 heterocycles. The first-order chi connectivity index (χ1) is 17.8. The van der Waals surface area contributed by atoms with Gasteiger partial charge in [-0.1, -0.05) is 30.3 Å². The number of amides is 4. The van der Waals surface area contributed by atoms with Crippen LogP contribution in [0.25, 0.3) is 0 Å². The van der Waals surface area contributed by atoms with Crippen molar-refractivity contribution in [2.45, 2.75) is 57.2 Å². The van der Waals surface area contributed by atoms with E-state index in [4.69, 9.17) is 5.73 Å². The van der Waals surface area contributed by atoms with Crippen molar-refractivity contribution in [1.29, 1.82) is 0 Å². The molecule has 11 heteroatoms. The lowest BCUT2D eigenvalue weighted by Gasteiger charge is -2.39. The quantitative estimate of drug-likeness (QED) is 0.373. The molecule has 2 aromatic rings. The van der Waals surface area contributed by atoms with Gasteiger partial charge in [0.2, 0.25) is 17.7 Å². The van der Waals surface area contributed by atoms with Crippen molar-refractivity contribution >= 4 is 35.0 Å². The van der Waals surface area contributed by atoms with Crippen molar-refractivity contribution in [3.63, 3.8) is 0 Å². The average Bonchev–Trinajstić information content (AvgIpc) is 3.35. The number of aryl methyl sites for hydroxylation is 1. The maximum atomic E-state index is 13.5. The van der Waals surface area contributed by atoms with Crippen LogP contribution in [-0.4, -0.2) is 71.3 Å². The van der Waals surface area contributed by atoms with E-state index in [9.17, 15) is 19.2 Å². The first kappa shape index (κ1) is 26.7. The molecule has 1 aromatic carbocycles. The smallest absolute Gasteiger partial charge is 0.274 e. The zero-order chi connectivity index (χ0) is 26.4. The predicted octanol–water partition coefficient (Wildman–Crippen LogP) is -0.273. The van der Waals surface area contributed by atoms with Crippen molar-refractivity contribution in [3.8, 4) is 0 Å². The van der Waals surface area contributed by atoms with E-state index in [1.54, 1.807) is 5.38 Å². The molecular formula is C26H35N6O4S+. The minimum Gasteiger partial charge on any atom is -0.368 e. The second-order valence-electron chi connectivity index (χ2n) is 9.79. The highest BCUT2D eigenvalue weighted by molar-refractivity contribution is 7.09. The van der Waals surface area contributed by atoms with Gasteiger partial charge in [0.15, 0.2) is 0 Å². The summed E-state index contributed by atoms with van der Waals surface area (Å²) >= 11 is 1.37. The van der Waals surface area contributed by atoms with Crippen LogP contribution < -0.4 is 21.7 Å². The van der Waals surface area contributed by atoms with E-state index in [1.807, 2.05) is 37.3 Å². The molecule has 198 valence electrons. The molecule has 0 aliphatic carbocycles. The first-order valence-electron chi connectivity index (χ1n) is 12.8. The van der Waals surface area contributed by atoms with Crippen LogP contribution in [0.1, 0.15) is 46.7 Å². The van der Waals surface area contributed by atoms with E-state index in [2.05, 4.69) is 20.9 Å². The largest absolute Gasteiger partial charge is 0.368 e. The number of likely N-dealkylation sites (tertiary alicyclic amines) is 1. The van der Waals surface area contributed by atoms with Crippen LogP contribution in [0, 0.1) is 12.8 Å². The van der Waals surface area contributed by atoms with Crippen LogP contribution in [0.5, 0.6) is 0 Å². The number of benzene rings is 1. The number of piperidine rings is 2. The molecule has 2 aliphatic rings. The Bertz CT molecular complexity index is 1120. The highest BCUT2D eigenvalue weighted by Gasteiger charge is 2.39. The summed E-state index contributed by atoms with van der Waals surface area (Å²) in [5.74, 6) is -1.48. The van der Waals surface area contributed by atoms with E-state index in [0.29, 0.717) is 6.42 Å². The minimum atomic E-state index is -0.929. The molecule has 4 amide bonds. The first-order valence-corrected chi connectivity index (χ1v) is 13.7. The molecular weight excluding hydrogens is 492 g/mol. The number of nitrogens with one attached hydrogen (secondary N) is 2. The molecule has 0 bridgehead atoms. The van der Waals surface area contributed by atoms with Crippen molar-refractivity contribution in [2.24, 2.45) is 11.7 Å². The summed E-state index contributed by atoms with van der Waals surface area (Å²) in [6, 6.07) is 7.24. The Kier molecular flexibility index (Phi) is 8.88. The van der Waals surface area contributed by atoms with Gasteiger partial charge in [-0.25, -0.2) is 4.98 Å². The van der Waals surface area contributed by atoms with Gasteiger partial charge in [0, 0.05) is 43.1 Å². The predicted molar refractivity (Wildman–Crippen MR) is 138 cm³/mol. The summed E-state index contributed by atoms with van der Waals surface area (Å²) in [6.45, 7) is 3.96. The van der Waals surface area contributed by atoms with Crippen LogP contribution >= 0.6 is 11.3 Å². The molecule has 2 fully saturated rings. The molecule has 0 radical (unpaired) electrons. The zero-order valence-electron chi connectivity index (χ0n) is 21.0. The van der Waals surface area contributed by atoms with Crippen LogP contribution in [0.3, 0.4) is 0 Å². The molecule has 0 unspecified atom stereocenters. The number of carbonyl (C=O) groups excluding carboxylic acids is 4. The third-order valence-corrected chi connectivity index (χ3v) is 7.88. The van der Waals surface area contributed by atoms with E-state index in [-0.39, 0.29) is 48.9 Å². The summed E-state index contributed by atoms with van der Waals surface area (Å²) in [5, 5.41) is 10.5. The van der Waals surface area contributed by atoms with Gasteiger partial charge >= 0.3 is 0 Å². The average molecular weight is 528 g/mol. The summed E-state index contributed by atoms with van der Waals surface area (Å²) < 4.78 is 0. The fourth-order valence-corrected chi connectivity index (χ4v) is 5.63. The fourth-order valence-electron chi connectivity index (χ4n) is 5.05. The minimum absolute atomic E-state index is 0.00579. The lowest BCUT2D eigenvalue weighted by atomic mass is 9.92. The normalized spacial score (nSPS) is 21.2. The fraction of sp³-hybridized carbons (Fsp3) is 0.500. The lowest BCUT2D eigenvalue weighted by molar-refractivity contribution is -0.664. The second-order valence-corrected chi connectivity index (χ2v) is 10.9. The molecule has 6 N–H and O–H groups in total. The third kappa shape index (κ3) is 6.92. The van der Waals surface area contributed by atoms with E-state index >= 15 is 0 Å². The molecule has 2 aliphatic heterocycles. The maximum absolute atomic E-state index is 13.5. The van der Waals surface area contributed by atoms with E-state index < -0.39 is 23.9 Å². The summed E-state index contributed by atoms with van der Waals surface area (Å²) in [7, 11) is 0. The maximum Gasteiger partial charge on any atom is 0.274 e. The second kappa shape index (κ2) is 12.3. The summed E-state index contributed by atoms with van der Waals surface area (Å²) in [6.07, 6.45) is 2.69. The van der Waals surface area contributed by atoms with Gasteiger partial charge < -0.3 is 26.6 Å². The Morgan fingerprint density at radius 1 is 1.14 bits per heavy atom. The Hall–Kier alpha value is -3.31. The van der Waals surface area contributed by atoms with Gasteiger partial charge in [-0.3, -0.25) is 19.2 Å². The van der Waals surface area contributed by atoms with Crippen LogP contribution in [0.15, 0.2) is 35.7 Å². The van der Waals surface area contributed by atoms with Gasteiger partial charge in [-0.15, -0.1) is 11.3 Å². The molecule has 2 saturated heterocycles. The van der Waals surface area contributed by atoms with Gasteiger partial charge in [-0.2, -0.15) is 0 Å². The van der Waals surface area contributed by atoms with Crippen molar-refractivity contribution in [1.82, 2.24) is 20.5 Å². The highest BCUT2D eigenvalue weighted by Crippen LogP contribution is 2.23. The number of nitrogens with two attached hydrogens (primary N) is 2. The number of hydrogen-bond donors (Lipinski definition) is 4. The number of nitrogens with zero attached hydrogens (tertiary/aromatic N) is 2. The lowest BCUT2D eigenvalue weighted by Crippen LogP contribution is -2.86. The topological polar surface area (TPSA) is 151 Å². The summed E-state index contributed by atoms with van der Waals surface area (Å²) in [5.41, 5.74) is 6.77. The summed E-state index contributed by atoms with van der Waals surface area (Å²) in [4.78, 5) is 57.7. The van der Waals surface area contributed by atoms with Crippen molar-refractivity contribution in [2.75, 3.05) is 19.6 Å². The van der Waals surface area contributed by atoms with Gasteiger partial charge in [0.05, 0.1) is 18.1 Å².